The van der Waals surface area contributed by atoms with Crippen LogP contribution in [0.1, 0.15) is 44.6 Å². The standard InChI is InChI=1S/C22H24O4S/c1-13-7-8-22(2,27)11-18-16(13)5-6-19(18)26-15-3-4-17-14(9-21(23)24)12-25-20(17)10-15/h3-4,7-8,10-11,14,19,27H,5-6,9,12H2,1-2H3,(H,23,24). The second-order valence-electron chi connectivity index (χ2n) is 7.77. The molecule has 2 aliphatic carbocycles. The summed E-state index contributed by atoms with van der Waals surface area (Å²) in [4.78, 5) is 11.0. The first-order valence-electron chi connectivity index (χ1n) is 9.32. The van der Waals surface area contributed by atoms with E-state index in [-0.39, 0.29) is 23.2 Å². The Kier molecular flexibility index (Phi) is 4.58. The molecule has 4 nitrogen and oxygen atoms in total. The Hall–Kier alpha value is -2.14. The lowest BCUT2D eigenvalue weighted by Gasteiger charge is -2.20. The van der Waals surface area contributed by atoms with Crippen LogP contribution >= 0.6 is 12.6 Å². The van der Waals surface area contributed by atoms with Crippen LogP contribution in [0.3, 0.4) is 0 Å². The highest BCUT2D eigenvalue weighted by Gasteiger charge is 2.32. The third-order valence-corrected chi connectivity index (χ3v) is 5.79. The Morgan fingerprint density at radius 2 is 2.26 bits per heavy atom. The zero-order valence-electron chi connectivity index (χ0n) is 15.6. The van der Waals surface area contributed by atoms with E-state index in [1.165, 1.54) is 16.7 Å². The molecule has 3 unspecified atom stereocenters. The maximum atomic E-state index is 11.0. The number of thiol groups is 1. The molecule has 0 radical (unpaired) electrons. The SMILES string of the molecule is CC1=C2CCC(Oc3ccc4c(c3)OCC4CC(=O)O)C2=CC(C)(S)C=C1. The lowest BCUT2D eigenvalue weighted by molar-refractivity contribution is -0.137. The van der Waals surface area contributed by atoms with Crippen molar-refractivity contribution in [2.24, 2.45) is 0 Å². The van der Waals surface area contributed by atoms with Crippen molar-refractivity contribution < 1.29 is 19.4 Å². The van der Waals surface area contributed by atoms with Crippen LogP contribution in [0, 0.1) is 0 Å². The Balaban J connectivity index is 1.56. The van der Waals surface area contributed by atoms with E-state index in [4.69, 9.17) is 27.2 Å². The summed E-state index contributed by atoms with van der Waals surface area (Å²) in [5.41, 5.74) is 4.81. The molecule has 0 spiro atoms. The minimum absolute atomic E-state index is 0.00408. The van der Waals surface area contributed by atoms with Gasteiger partial charge in [0.2, 0.25) is 0 Å². The van der Waals surface area contributed by atoms with Crippen LogP contribution in [0.2, 0.25) is 0 Å². The van der Waals surface area contributed by atoms with Crippen molar-refractivity contribution in [3.63, 3.8) is 0 Å². The Morgan fingerprint density at radius 1 is 1.44 bits per heavy atom. The average molecular weight is 384 g/mol. The van der Waals surface area contributed by atoms with Gasteiger partial charge in [0.25, 0.3) is 0 Å². The first kappa shape index (κ1) is 18.2. The van der Waals surface area contributed by atoms with E-state index in [1.54, 1.807) is 0 Å². The molecule has 4 rings (SSSR count). The van der Waals surface area contributed by atoms with Gasteiger partial charge < -0.3 is 14.6 Å². The largest absolute Gasteiger partial charge is 0.492 e. The second-order valence-corrected chi connectivity index (χ2v) is 8.73. The molecule has 27 heavy (non-hydrogen) atoms. The first-order chi connectivity index (χ1) is 12.8. The number of ether oxygens (including phenoxy) is 2. The summed E-state index contributed by atoms with van der Waals surface area (Å²) in [7, 11) is 0. The molecule has 3 aliphatic rings. The van der Waals surface area contributed by atoms with Crippen molar-refractivity contribution >= 4 is 18.6 Å². The summed E-state index contributed by atoms with van der Waals surface area (Å²) in [5.74, 6) is 0.601. The fourth-order valence-corrected chi connectivity index (χ4v) is 4.34. The number of hydrogen-bond acceptors (Lipinski definition) is 4. The molecule has 142 valence electrons. The lowest BCUT2D eigenvalue weighted by Crippen LogP contribution is -2.18. The molecule has 0 aromatic heterocycles. The average Bonchev–Trinajstić information content (AvgIpc) is 3.13. The molecule has 1 aliphatic heterocycles. The summed E-state index contributed by atoms with van der Waals surface area (Å²) in [6, 6.07) is 5.75. The van der Waals surface area contributed by atoms with Crippen molar-refractivity contribution in [2.75, 3.05) is 6.61 Å². The Bertz CT molecular complexity index is 878. The van der Waals surface area contributed by atoms with Crippen molar-refractivity contribution in [3.05, 3.63) is 58.7 Å². The van der Waals surface area contributed by atoms with Gasteiger partial charge >= 0.3 is 5.97 Å². The van der Waals surface area contributed by atoms with Crippen molar-refractivity contribution in [1.82, 2.24) is 0 Å². The minimum Gasteiger partial charge on any atom is -0.492 e. The molecule has 0 saturated heterocycles. The van der Waals surface area contributed by atoms with E-state index in [1.807, 2.05) is 18.2 Å². The fourth-order valence-electron chi connectivity index (χ4n) is 4.13. The molecule has 1 heterocycles. The van der Waals surface area contributed by atoms with Gasteiger partial charge in [0.1, 0.15) is 17.6 Å². The maximum absolute atomic E-state index is 11.0. The maximum Gasteiger partial charge on any atom is 0.304 e. The van der Waals surface area contributed by atoms with E-state index in [0.717, 1.165) is 29.9 Å². The van der Waals surface area contributed by atoms with Crippen molar-refractivity contribution in [2.45, 2.75) is 49.9 Å². The predicted octanol–water partition coefficient (Wildman–Crippen LogP) is 4.68. The molecule has 1 aromatic carbocycles. The van der Waals surface area contributed by atoms with Gasteiger partial charge in [-0.1, -0.05) is 24.3 Å². The Labute approximate surface area is 165 Å². The van der Waals surface area contributed by atoms with E-state index < -0.39 is 5.97 Å². The van der Waals surface area contributed by atoms with Crippen LogP contribution in [-0.4, -0.2) is 28.5 Å². The van der Waals surface area contributed by atoms with E-state index >= 15 is 0 Å². The minimum atomic E-state index is -0.805. The monoisotopic (exact) mass is 384 g/mol. The normalized spacial score (nSPS) is 28.9. The molecule has 1 fully saturated rings. The van der Waals surface area contributed by atoms with Gasteiger partial charge in [-0.25, -0.2) is 0 Å². The third kappa shape index (κ3) is 3.65. The topological polar surface area (TPSA) is 55.8 Å². The van der Waals surface area contributed by atoms with Gasteiger partial charge in [0.05, 0.1) is 13.0 Å². The van der Waals surface area contributed by atoms with Crippen LogP contribution in [0.25, 0.3) is 0 Å². The highest BCUT2D eigenvalue weighted by atomic mass is 32.1. The number of fused-ring (bicyclic) bond motifs is 2. The number of carboxylic acids is 1. The molecule has 1 saturated carbocycles. The van der Waals surface area contributed by atoms with Gasteiger partial charge in [0.15, 0.2) is 0 Å². The molecule has 3 atom stereocenters. The number of carboxylic acid groups (broad SMARTS) is 1. The fraction of sp³-hybridized carbons (Fsp3) is 0.409. The van der Waals surface area contributed by atoms with E-state index in [0.29, 0.717) is 6.61 Å². The predicted molar refractivity (Wildman–Crippen MR) is 108 cm³/mol. The van der Waals surface area contributed by atoms with Gasteiger partial charge in [-0.05, 0) is 49.5 Å². The molecule has 0 amide bonds. The van der Waals surface area contributed by atoms with Crippen LogP contribution in [0.15, 0.2) is 53.1 Å². The van der Waals surface area contributed by atoms with Crippen LogP contribution in [-0.2, 0) is 4.79 Å². The van der Waals surface area contributed by atoms with Gasteiger partial charge in [-0.15, -0.1) is 0 Å². The molecule has 5 heteroatoms. The molecular weight excluding hydrogens is 360 g/mol. The summed E-state index contributed by atoms with van der Waals surface area (Å²) in [6.45, 7) is 4.63. The number of hydrogen-bond donors (Lipinski definition) is 2. The Morgan fingerprint density at radius 3 is 3.04 bits per heavy atom. The van der Waals surface area contributed by atoms with E-state index in [9.17, 15) is 4.79 Å². The first-order valence-corrected chi connectivity index (χ1v) is 9.77. The van der Waals surface area contributed by atoms with Crippen LogP contribution < -0.4 is 9.47 Å². The van der Waals surface area contributed by atoms with Gasteiger partial charge in [-0.3, -0.25) is 4.79 Å². The summed E-state index contributed by atoms with van der Waals surface area (Å²) in [5, 5.41) is 9.04. The van der Waals surface area contributed by atoms with Crippen LogP contribution in [0.4, 0.5) is 0 Å². The van der Waals surface area contributed by atoms with Gasteiger partial charge in [0, 0.05) is 22.3 Å². The number of carbonyl (C=O) groups is 1. The van der Waals surface area contributed by atoms with E-state index in [2.05, 4.69) is 32.1 Å². The molecule has 1 aromatic rings. The zero-order chi connectivity index (χ0) is 19.2. The smallest absolute Gasteiger partial charge is 0.304 e. The van der Waals surface area contributed by atoms with Crippen molar-refractivity contribution in [3.8, 4) is 11.5 Å². The zero-order valence-corrected chi connectivity index (χ0v) is 16.5. The summed E-state index contributed by atoms with van der Waals surface area (Å²) >= 11 is 4.75. The quantitative estimate of drug-likeness (QED) is 0.740. The lowest BCUT2D eigenvalue weighted by atomic mass is 9.98. The van der Waals surface area contributed by atoms with Gasteiger partial charge in [-0.2, -0.15) is 12.6 Å². The summed E-state index contributed by atoms with van der Waals surface area (Å²) in [6.07, 6.45) is 8.49. The summed E-state index contributed by atoms with van der Waals surface area (Å²) < 4.78 is 11.7. The molecule has 0 bridgehead atoms. The third-order valence-electron chi connectivity index (χ3n) is 5.51. The molecule has 1 N–H and O–H groups in total. The number of rotatable bonds is 4. The van der Waals surface area contributed by atoms with Crippen molar-refractivity contribution in [1.29, 1.82) is 0 Å². The second kappa shape index (κ2) is 6.79. The number of benzene rings is 1. The number of allylic oxidation sites excluding steroid dienone is 2. The van der Waals surface area contributed by atoms with Crippen LogP contribution in [0.5, 0.6) is 11.5 Å². The highest BCUT2D eigenvalue weighted by Crippen LogP contribution is 2.42. The number of aliphatic carboxylic acids is 1. The molecular formula is C22H24O4S. The highest BCUT2D eigenvalue weighted by molar-refractivity contribution is 7.82.